The van der Waals surface area contributed by atoms with Crippen LogP contribution >= 0.6 is 0 Å². The molecule has 0 aromatic heterocycles. The lowest BCUT2D eigenvalue weighted by Crippen LogP contribution is -2.34. The Hall–Kier alpha value is -1.56. The van der Waals surface area contributed by atoms with Crippen molar-refractivity contribution in [1.29, 1.82) is 0 Å². The predicted molar refractivity (Wildman–Crippen MR) is 70.8 cm³/mol. The third kappa shape index (κ3) is 10.1. The Labute approximate surface area is 113 Å². The van der Waals surface area contributed by atoms with E-state index in [0.29, 0.717) is 12.8 Å². The summed E-state index contributed by atoms with van der Waals surface area (Å²) in [6.45, 7) is 5.40. The fraction of sp³-hybridized carbons (Fsp3) is 0.692. The van der Waals surface area contributed by atoms with Crippen molar-refractivity contribution in [3.63, 3.8) is 0 Å². The molecule has 0 aromatic carbocycles. The summed E-state index contributed by atoms with van der Waals surface area (Å²) in [6.07, 6.45) is 3.20. The van der Waals surface area contributed by atoms with E-state index in [4.69, 9.17) is 14.9 Å². The predicted octanol–water partition coefficient (Wildman–Crippen LogP) is 1.54. The van der Waals surface area contributed by atoms with E-state index in [2.05, 4.69) is 5.32 Å². The molecule has 0 unspecified atom stereocenters. The molecule has 0 aliphatic heterocycles. The average Bonchev–Trinajstić information content (AvgIpc) is 2.24. The number of aliphatic hydroxyl groups excluding tert-OH is 1. The summed E-state index contributed by atoms with van der Waals surface area (Å²) in [4.78, 5) is 22.3. The van der Waals surface area contributed by atoms with Crippen molar-refractivity contribution in [3.05, 3.63) is 12.2 Å². The Balaban J connectivity index is 4.03. The van der Waals surface area contributed by atoms with Crippen molar-refractivity contribution in [2.24, 2.45) is 5.92 Å². The number of nitrogens with one attached hydrogen (secondary N) is 1. The van der Waals surface area contributed by atoms with Crippen LogP contribution in [0.5, 0.6) is 0 Å². The highest BCUT2D eigenvalue weighted by atomic mass is 16.6. The third-order valence-electron chi connectivity index (χ3n) is 2.20. The Morgan fingerprint density at radius 1 is 1.32 bits per heavy atom. The van der Waals surface area contributed by atoms with Crippen molar-refractivity contribution in [1.82, 2.24) is 5.32 Å². The molecule has 6 nitrogen and oxygen atoms in total. The summed E-state index contributed by atoms with van der Waals surface area (Å²) in [6, 6.07) is 0. The second kappa shape index (κ2) is 8.53. The number of alkyl carbamates (subject to hydrolysis) is 1. The van der Waals surface area contributed by atoms with E-state index < -0.39 is 23.6 Å². The second-order valence-corrected chi connectivity index (χ2v) is 5.14. The fourth-order valence-corrected chi connectivity index (χ4v) is 1.34. The molecular formula is C13H23NO5. The number of rotatable bonds is 7. The van der Waals surface area contributed by atoms with Crippen LogP contribution in [0.15, 0.2) is 12.2 Å². The highest BCUT2D eigenvalue weighted by molar-refractivity contribution is 5.70. The summed E-state index contributed by atoms with van der Waals surface area (Å²) < 4.78 is 5.03. The van der Waals surface area contributed by atoms with Gasteiger partial charge in [0.05, 0.1) is 12.5 Å². The topological polar surface area (TPSA) is 95.9 Å². The minimum atomic E-state index is -0.923. The lowest BCUT2D eigenvalue weighted by Gasteiger charge is -2.20. The maximum Gasteiger partial charge on any atom is 0.407 e. The minimum absolute atomic E-state index is 0.109. The summed E-state index contributed by atoms with van der Waals surface area (Å²) in [5.74, 6) is -1.51. The van der Waals surface area contributed by atoms with Gasteiger partial charge < -0.3 is 20.3 Å². The summed E-state index contributed by atoms with van der Waals surface area (Å²) in [5.41, 5.74) is -0.569. The van der Waals surface area contributed by atoms with Gasteiger partial charge in [0.25, 0.3) is 0 Å². The zero-order valence-corrected chi connectivity index (χ0v) is 11.7. The largest absolute Gasteiger partial charge is 0.481 e. The molecule has 19 heavy (non-hydrogen) atoms. The zero-order chi connectivity index (χ0) is 14.9. The molecule has 0 bridgehead atoms. The van der Waals surface area contributed by atoms with E-state index in [9.17, 15) is 9.59 Å². The summed E-state index contributed by atoms with van der Waals surface area (Å²) >= 11 is 0. The van der Waals surface area contributed by atoms with Gasteiger partial charge in [-0.2, -0.15) is 0 Å². The van der Waals surface area contributed by atoms with Gasteiger partial charge in [-0.05, 0) is 33.6 Å². The Morgan fingerprint density at radius 3 is 2.42 bits per heavy atom. The van der Waals surface area contributed by atoms with Crippen molar-refractivity contribution < 1.29 is 24.5 Å². The van der Waals surface area contributed by atoms with Crippen LogP contribution < -0.4 is 5.32 Å². The standard InChI is InChI=1S/C13H23NO5/c1-13(2,3)19-12(18)14-8-7-10(11(16)17)6-4-5-9-15/h4-5,10,15H,6-9H2,1-3H3,(H,14,18)(H,16,17)/b5-4-/t10-/m1/s1. The Kier molecular flexibility index (Phi) is 7.83. The van der Waals surface area contributed by atoms with Gasteiger partial charge in [-0.15, -0.1) is 0 Å². The van der Waals surface area contributed by atoms with Crippen LogP contribution in [0.4, 0.5) is 4.79 Å². The lowest BCUT2D eigenvalue weighted by atomic mass is 10.0. The molecule has 0 saturated heterocycles. The molecule has 0 aromatic rings. The summed E-state index contributed by atoms with van der Waals surface area (Å²) in [5, 5.41) is 20.1. The first kappa shape index (κ1) is 17.4. The molecule has 0 heterocycles. The van der Waals surface area contributed by atoms with Gasteiger partial charge in [-0.25, -0.2) is 4.79 Å². The molecule has 0 saturated carbocycles. The quantitative estimate of drug-likeness (QED) is 0.611. The molecule has 1 amide bonds. The van der Waals surface area contributed by atoms with Crippen LogP contribution in [0.2, 0.25) is 0 Å². The van der Waals surface area contributed by atoms with E-state index in [0.717, 1.165) is 0 Å². The molecule has 0 fully saturated rings. The van der Waals surface area contributed by atoms with Crippen LogP contribution in [0.25, 0.3) is 0 Å². The average molecular weight is 273 g/mol. The molecule has 0 aliphatic rings. The van der Waals surface area contributed by atoms with E-state index in [1.807, 2.05) is 0 Å². The van der Waals surface area contributed by atoms with Crippen LogP contribution in [-0.4, -0.2) is 41.0 Å². The van der Waals surface area contributed by atoms with Crippen LogP contribution in [0.1, 0.15) is 33.6 Å². The molecular weight excluding hydrogens is 250 g/mol. The second-order valence-electron chi connectivity index (χ2n) is 5.14. The molecule has 3 N–H and O–H groups in total. The number of ether oxygens (including phenoxy) is 1. The number of hydrogen-bond donors (Lipinski definition) is 3. The van der Waals surface area contributed by atoms with Crippen molar-refractivity contribution in [2.45, 2.75) is 39.2 Å². The molecule has 110 valence electrons. The van der Waals surface area contributed by atoms with Gasteiger partial charge in [0.1, 0.15) is 5.60 Å². The molecule has 0 rings (SSSR count). The third-order valence-corrected chi connectivity index (χ3v) is 2.20. The van der Waals surface area contributed by atoms with Crippen LogP contribution in [0.3, 0.4) is 0 Å². The number of carbonyl (C=O) groups excluding carboxylic acids is 1. The maximum absolute atomic E-state index is 11.3. The Bertz CT molecular complexity index is 319. The summed E-state index contributed by atoms with van der Waals surface area (Å²) in [7, 11) is 0. The number of carboxylic acid groups (broad SMARTS) is 1. The first-order valence-corrected chi connectivity index (χ1v) is 6.21. The van der Waals surface area contributed by atoms with Crippen LogP contribution in [-0.2, 0) is 9.53 Å². The number of carbonyl (C=O) groups is 2. The number of aliphatic carboxylic acids is 1. The minimum Gasteiger partial charge on any atom is -0.481 e. The first-order valence-electron chi connectivity index (χ1n) is 6.21. The SMILES string of the molecule is CC(C)(C)OC(=O)NCC[C@@H](C/C=C\CO)C(=O)O. The number of carboxylic acids is 1. The molecule has 0 spiro atoms. The number of hydrogen-bond acceptors (Lipinski definition) is 4. The highest BCUT2D eigenvalue weighted by Crippen LogP contribution is 2.10. The molecule has 1 atom stereocenters. The van der Waals surface area contributed by atoms with Crippen molar-refractivity contribution >= 4 is 12.1 Å². The first-order chi connectivity index (χ1) is 8.76. The molecule has 0 aliphatic carbocycles. The number of amides is 1. The molecule has 0 radical (unpaired) electrons. The Morgan fingerprint density at radius 2 is 1.95 bits per heavy atom. The highest BCUT2D eigenvalue weighted by Gasteiger charge is 2.18. The monoisotopic (exact) mass is 273 g/mol. The normalized spacial score (nSPS) is 13.3. The van der Waals surface area contributed by atoms with Crippen molar-refractivity contribution in [3.8, 4) is 0 Å². The van der Waals surface area contributed by atoms with Crippen molar-refractivity contribution in [2.75, 3.05) is 13.2 Å². The van der Waals surface area contributed by atoms with Gasteiger partial charge in [0.2, 0.25) is 0 Å². The van der Waals surface area contributed by atoms with Gasteiger partial charge in [0.15, 0.2) is 0 Å². The zero-order valence-electron chi connectivity index (χ0n) is 11.7. The number of aliphatic hydroxyl groups is 1. The maximum atomic E-state index is 11.3. The number of allylic oxidation sites excluding steroid dienone is 1. The van der Waals surface area contributed by atoms with E-state index in [1.165, 1.54) is 6.08 Å². The van der Waals surface area contributed by atoms with E-state index in [-0.39, 0.29) is 13.2 Å². The van der Waals surface area contributed by atoms with Gasteiger partial charge in [0, 0.05) is 6.54 Å². The van der Waals surface area contributed by atoms with Crippen LogP contribution in [0, 0.1) is 5.92 Å². The molecule has 6 heteroatoms. The van der Waals surface area contributed by atoms with Gasteiger partial charge in [-0.1, -0.05) is 12.2 Å². The lowest BCUT2D eigenvalue weighted by molar-refractivity contribution is -0.141. The van der Waals surface area contributed by atoms with E-state index in [1.54, 1.807) is 26.8 Å². The van der Waals surface area contributed by atoms with Gasteiger partial charge in [-0.3, -0.25) is 4.79 Å². The van der Waals surface area contributed by atoms with Gasteiger partial charge >= 0.3 is 12.1 Å². The smallest absolute Gasteiger partial charge is 0.407 e. The fourth-order valence-electron chi connectivity index (χ4n) is 1.34. The van der Waals surface area contributed by atoms with E-state index >= 15 is 0 Å².